The van der Waals surface area contributed by atoms with E-state index in [-0.39, 0.29) is 0 Å². The molecule has 0 spiro atoms. The number of amides is 1. The first-order chi connectivity index (χ1) is 11.0. The molecule has 0 saturated heterocycles. The fraction of sp³-hybridized carbons (Fsp3) is 0.188. The number of hydrogen-bond donors (Lipinski definition) is 1. The fourth-order valence-electron chi connectivity index (χ4n) is 1.78. The Morgan fingerprint density at radius 3 is 2.83 bits per heavy atom. The Balaban J connectivity index is 1.93. The molecule has 0 radical (unpaired) electrons. The van der Waals surface area contributed by atoms with Gasteiger partial charge in [-0.1, -0.05) is 6.07 Å². The predicted octanol–water partition coefficient (Wildman–Crippen LogP) is 2.48. The predicted molar refractivity (Wildman–Crippen MR) is 88.7 cm³/mol. The van der Waals surface area contributed by atoms with E-state index < -0.39 is 18.5 Å². The molecule has 2 rings (SSSR count). The van der Waals surface area contributed by atoms with Crippen molar-refractivity contribution in [2.45, 2.75) is 0 Å². The van der Waals surface area contributed by atoms with Gasteiger partial charge in [-0.2, -0.15) is 5.26 Å². The lowest BCUT2D eigenvalue weighted by Crippen LogP contribution is -2.21. The van der Waals surface area contributed by atoms with Crippen LogP contribution in [0.2, 0.25) is 0 Å². The molecule has 0 fully saturated rings. The van der Waals surface area contributed by atoms with Crippen LogP contribution in [0.5, 0.6) is 0 Å². The van der Waals surface area contributed by atoms with E-state index in [0.29, 0.717) is 16.1 Å². The van der Waals surface area contributed by atoms with Crippen molar-refractivity contribution >= 4 is 33.9 Å². The molecule has 0 aliphatic rings. The van der Waals surface area contributed by atoms with Crippen LogP contribution < -0.4 is 10.2 Å². The Kier molecular flexibility index (Phi) is 5.33. The molecule has 0 saturated carbocycles. The molecule has 1 heterocycles. The minimum Gasteiger partial charge on any atom is -0.452 e. The highest BCUT2D eigenvalue weighted by atomic mass is 32.1. The highest BCUT2D eigenvalue weighted by molar-refractivity contribution is 7.14. The quantitative estimate of drug-likeness (QED) is 0.852. The van der Waals surface area contributed by atoms with E-state index in [9.17, 15) is 9.59 Å². The summed E-state index contributed by atoms with van der Waals surface area (Å²) in [5, 5.41) is 13.6. The summed E-state index contributed by atoms with van der Waals surface area (Å²) >= 11 is 1.24. The third kappa shape index (κ3) is 4.31. The smallest absolute Gasteiger partial charge is 0.338 e. The first kappa shape index (κ1) is 16.5. The number of carbonyl (C=O) groups is 2. The molecular weight excluding hydrogens is 314 g/mol. The number of nitriles is 1. The lowest BCUT2D eigenvalue weighted by Gasteiger charge is -2.13. The molecule has 23 heavy (non-hydrogen) atoms. The number of thiophene rings is 1. The van der Waals surface area contributed by atoms with Gasteiger partial charge in [0, 0.05) is 19.8 Å². The number of esters is 1. The number of rotatable bonds is 5. The second kappa shape index (κ2) is 7.42. The second-order valence-corrected chi connectivity index (χ2v) is 5.76. The van der Waals surface area contributed by atoms with E-state index in [1.165, 1.54) is 11.3 Å². The van der Waals surface area contributed by atoms with Gasteiger partial charge < -0.3 is 15.0 Å². The Bertz CT molecular complexity index is 762. The van der Waals surface area contributed by atoms with Gasteiger partial charge in [-0.05, 0) is 29.6 Å². The summed E-state index contributed by atoms with van der Waals surface area (Å²) in [6.07, 6.45) is 0. The summed E-state index contributed by atoms with van der Waals surface area (Å²) in [4.78, 5) is 25.6. The molecule has 0 aliphatic carbocycles. The number of carbonyl (C=O) groups excluding carboxylic acids is 2. The molecular formula is C16H15N3O3S. The molecule has 1 aromatic carbocycles. The summed E-state index contributed by atoms with van der Waals surface area (Å²) in [5.74, 6) is -1.06. The topological polar surface area (TPSA) is 82.4 Å². The van der Waals surface area contributed by atoms with Crippen LogP contribution in [-0.2, 0) is 9.53 Å². The average molecular weight is 329 g/mol. The Morgan fingerprint density at radius 2 is 2.13 bits per heavy atom. The van der Waals surface area contributed by atoms with E-state index in [1.54, 1.807) is 29.6 Å². The molecule has 118 valence electrons. The van der Waals surface area contributed by atoms with E-state index in [2.05, 4.69) is 5.32 Å². The van der Waals surface area contributed by atoms with Crippen molar-refractivity contribution in [3.8, 4) is 6.07 Å². The van der Waals surface area contributed by atoms with Crippen LogP contribution in [0.1, 0.15) is 15.9 Å². The van der Waals surface area contributed by atoms with Crippen LogP contribution in [0.15, 0.2) is 35.7 Å². The number of nitrogens with zero attached hydrogens (tertiary/aromatic N) is 2. The molecule has 0 atom stereocenters. The van der Waals surface area contributed by atoms with Crippen molar-refractivity contribution in [1.82, 2.24) is 0 Å². The van der Waals surface area contributed by atoms with Crippen molar-refractivity contribution in [3.63, 3.8) is 0 Å². The fourth-order valence-corrected chi connectivity index (χ4v) is 2.54. The van der Waals surface area contributed by atoms with Crippen LogP contribution in [-0.4, -0.2) is 32.6 Å². The number of ether oxygens (including phenoxy) is 1. The molecule has 2 aromatic rings. The Labute approximate surface area is 137 Å². The van der Waals surface area contributed by atoms with Crippen LogP contribution >= 0.6 is 11.3 Å². The summed E-state index contributed by atoms with van der Waals surface area (Å²) < 4.78 is 5.00. The molecule has 1 amide bonds. The number of hydrogen-bond acceptors (Lipinski definition) is 6. The van der Waals surface area contributed by atoms with E-state index in [4.69, 9.17) is 10.00 Å². The van der Waals surface area contributed by atoms with Gasteiger partial charge in [0.25, 0.3) is 5.91 Å². The lowest BCUT2D eigenvalue weighted by atomic mass is 10.2. The standard InChI is InChI=1S/C16H15N3O3S/c1-19(2)13-5-3-4-11(8-13)16(21)22-10-14(20)18-15-12(9-17)6-7-23-15/h3-8H,10H2,1-2H3,(H,18,20). The zero-order chi connectivity index (χ0) is 16.8. The largest absolute Gasteiger partial charge is 0.452 e. The summed E-state index contributed by atoms with van der Waals surface area (Å²) in [6, 6.07) is 10.5. The van der Waals surface area contributed by atoms with Crippen LogP contribution in [0, 0.1) is 11.3 Å². The molecule has 0 unspecified atom stereocenters. The summed E-state index contributed by atoms with van der Waals surface area (Å²) in [7, 11) is 3.73. The first-order valence-electron chi connectivity index (χ1n) is 6.73. The Hall–Kier alpha value is -2.85. The van der Waals surface area contributed by atoms with Crippen molar-refractivity contribution < 1.29 is 14.3 Å². The monoisotopic (exact) mass is 329 g/mol. The minimum absolute atomic E-state index is 0.373. The highest BCUT2D eigenvalue weighted by Gasteiger charge is 2.13. The number of nitrogens with one attached hydrogen (secondary N) is 1. The molecule has 6 nitrogen and oxygen atoms in total. The van der Waals surface area contributed by atoms with Gasteiger partial charge in [0.15, 0.2) is 6.61 Å². The molecule has 1 N–H and O–H groups in total. The first-order valence-corrected chi connectivity index (χ1v) is 7.61. The van der Waals surface area contributed by atoms with Gasteiger partial charge in [-0.15, -0.1) is 11.3 Å². The molecule has 0 aliphatic heterocycles. The maximum atomic E-state index is 12.0. The summed E-state index contributed by atoms with van der Waals surface area (Å²) in [6.45, 7) is -0.409. The normalized spacial score (nSPS) is 9.78. The Morgan fingerprint density at radius 1 is 1.35 bits per heavy atom. The van der Waals surface area contributed by atoms with Crippen LogP contribution in [0.3, 0.4) is 0 Å². The van der Waals surface area contributed by atoms with Crippen molar-refractivity contribution in [2.24, 2.45) is 0 Å². The van der Waals surface area contributed by atoms with E-state index >= 15 is 0 Å². The van der Waals surface area contributed by atoms with Crippen molar-refractivity contribution in [1.29, 1.82) is 5.26 Å². The van der Waals surface area contributed by atoms with E-state index in [0.717, 1.165) is 5.69 Å². The SMILES string of the molecule is CN(C)c1cccc(C(=O)OCC(=O)Nc2sccc2C#N)c1. The van der Waals surface area contributed by atoms with Crippen LogP contribution in [0.4, 0.5) is 10.7 Å². The highest BCUT2D eigenvalue weighted by Crippen LogP contribution is 2.22. The third-order valence-corrected chi connectivity index (χ3v) is 3.80. The third-order valence-electron chi connectivity index (χ3n) is 2.97. The van der Waals surface area contributed by atoms with E-state index in [1.807, 2.05) is 31.1 Å². The van der Waals surface area contributed by atoms with Crippen LogP contribution in [0.25, 0.3) is 0 Å². The van der Waals surface area contributed by atoms with Crippen molar-refractivity contribution in [2.75, 3.05) is 30.9 Å². The molecule has 7 heteroatoms. The summed E-state index contributed by atoms with van der Waals surface area (Å²) in [5.41, 5.74) is 1.62. The van der Waals surface area contributed by atoms with Gasteiger partial charge in [0.05, 0.1) is 11.1 Å². The zero-order valence-corrected chi connectivity index (χ0v) is 13.5. The number of benzene rings is 1. The average Bonchev–Trinajstić information content (AvgIpc) is 2.99. The van der Waals surface area contributed by atoms with Gasteiger partial charge in [0.1, 0.15) is 11.1 Å². The molecule has 0 bridgehead atoms. The minimum atomic E-state index is -0.574. The van der Waals surface area contributed by atoms with Gasteiger partial charge in [-0.3, -0.25) is 4.79 Å². The van der Waals surface area contributed by atoms with Gasteiger partial charge in [0.2, 0.25) is 0 Å². The lowest BCUT2D eigenvalue weighted by molar-refractivity contribution is -0.119. The van der Waals surface area contributed by atoms with Gasteiger partial charge in [-0.25, -0.2) is 4.79 Å². The van der Waals surface area contributed by atoms with Crippen molar-refractivity contribution in [3.05, 3.63) is 46.8 Å². The zero-order valence-electron chi connectivity index (χ0n) is 12.7. The second-order valence-electron chi connectivity index (χ2n) is 4.84. The maximum absolute atomic E-state index is 12.0. The number of anilines is 2. The maximum Gasteiger partial charge on any atom is 0.338 e. The van der Waals surface area contributed by atoms with Gasteiger partial charge >= 0.3 is 5.97 Å². The molecule has 1 aromatic heterocycles.